The van der Waals surface area contributed by atoms with Crippen molar-refractivity contribution in [2.75, 3.05) is 13.1 Å². The number of benzene rings is 1. The molecule has 0 spiro atoms. The average molecular weight is 318 g/mol. The van der Waals surface area contributed by atoms with Gasteiger partial charge in [0.15, 0.2) is 0 Å². The lowest BCUT2D eigenvalue weighted by atomic mass is 10.3. The summed E-state index contributed by atoms with van der Waals surface area (Å²) in [7, 11) is -3.90. The first-order valence-electron chi connectivity index (χ1n) is 6.31. The molecule has 9 heteroatoms. The highest BCUT2D eigenvalue weighted by Crippen LogP contribution is 2.25. The third-order valence-electron chi connectivity index (χ3n) is 3.14. The second-order valence-corrected chi connectivity index (χ2v) is 6.89. The molecule has 0 N–H and O–H groups in total. The summed E-state index contributed by atoms with van der Waals surface area (Å²) in [6.07, 6.45) is -0.544. The van der Waals surface area contributed by atoms with Gasteiger partial charge in [-0.1, -0.05) is 0 Å². The molecular weight excluding hydrogens is 303 g/mol. The van der Waals surface area contributed by atoms with Crippen molar-refractivity contribution < 1.29 is 22.5 Å². The Labute approximate surface area is 121 Å². The van der Waals surface area contributed by atoms with Crippen molar-refractivity contribution in [1.82, 2.24) is 4.31 Å². The van der Waals surface area contributed by atoms with Crippen molar-refractivity contribution in [1.29, 1.82) is 0 Å². The number of ether oxygens (including phenoxy) is 1. The van der Waals surface area contributed by atoms with Gasteiger partial charge in [0, 0.05) is 25.2 Å². The van der Waals surface area contributed by atoms with Crippen LogP contribution in [-0.2, 0) is 14.8 Å². The van der Waals surface area contributed by atoms with Gasteiger partial charge in [0.2, 0.25) is 15.8 Å². The Hall–Kier alpha value is -1.58. The minimum Gasteiger partial charge on any atom is -0.373 e. The number of hydrogen-bond acceptors (Lipinski definition) is 5. The Balaban J connectivity index is 2.35. The Morgan fingerprint density at radius 2 is 1.90 bits per heavy atom. The van der Waals surface area contributed by atoms with Gasteiger partial charge < -0.3 is 4.74 Å². The van der Waals surface area contributed by atoms with E-state index in [2.05, 4.69) is 0 Å². The Bertz CT molecular complexity index is 654. The normalized spacial score (nSPS) is 24.0. The lowest BCUT2D eigenvalue weighted by molar-refractivity contribution is -0.387. The predicted molar refractivity (Wildman–Crippen MR) is 71.8 cm³/mol. The first kappa shape index (κ1) is 15.8. The minimum absolute atomic E-state index is 0.158. The van der Waals surface area contributed by atoms with Gasteiger partial charge in [-0.3, -0.25) is 10.1 Å². The van der Waals surface area contributed by atoms with Crippen molar-refractivity contribution >= 4 is 15.7 Å². The number of nitrogens with zero attached hydrogens (tertiary/aromatic N) is 2. The highest BCUT2D eigenvalue weighted by Gasteiger charge is 2.33. The van der Waals surface area contributed by atoms with Gasteiger partial charge in [-0.05, 0) is 19.9 Å². The van der Waals surface area contributed by atoms with Gasteiger partial charge >= 0.3 is 5.69 Å². The van der Waals surface area contributed by atoms with Gasteiger partial charge in [0.1, 0.15) is 0 Å². The molecule has 1 aromatic carbocycles. The molecule has 2 atom stereocenters. The van der Waals surface area contributed by atoms with Crippen LogP contribution in [0.2, 0.25) is 0 Å². The van der Waals surface area contributed by atoms with E-state index in [0.717, 1.165) is 12.1 Å². The van der Waals surface area contributed by atoms with Gasteiger partial charge in [-0.15, -0.1) is 0 Å². The zero-order chi connectivity index (χ0) is 15.8. The van der Waals surface area contributed by atoms with Gasteiger partial charge in [0.05, 0.1) is 22.0 Å². The summed E-state index contributed by atoms with van der Waals surface area (Å²) in [5.41, 5.74) is -0.752. The standard InChI is InChI=1S/C12H15FN2O5S/c1-8-6-14(7-9(2)20-8)21(18,19)10-3-4-12(15(16)17)11(13)5-10/h3-5,8-9H,6-7H2,1-2H3. The topological polar surface area (TPSA) is 89.8 Å². The molecule has 0 amide bonds. The molecule has 1 aliphatic heterocycles. The maximum absolute atomic E-state index is 13.6. The van der Waals surface area contributed by atoms with Crippen LogP contribution in [0.4, 0.5) is 10.1 Å². The van der Waals surface area contributed by atoms with E-state index < -0.39 is 26.5 Å². The SMILES string of the molecule is CC1CN(S(=O)(=O)c2ccc([N+](=O)[O-])c(F)c2)CC(C)O1. The summed E-state index contributed by atoms with van der Waals surface area (Å²) >= 11 is 0. The third kappa shape index (κ3) is 3.20. The molecule has 116 valence electrons. The van der Waals surface area contributed by atoms with Gasteiger partial charge in [0.25, 0.3) is 0 Å². The monoisotopic (exact) mass is 318 g/mol. The molecule has 0 saturated carbocycles. The highest BCUT2D eigenvalue weighted by molar-refractivity contribution is 7.89. The molecule has 0 aromatic heterocycles. The Morgan fingerprint density at radius 3 is 2.38 bits per heavy atom. The molecular formula is C12H15FN2O5S. The maximum atomic E-state index is 13.6. The van der Waals surface area contributed by atoms with Crippen molar-refractivity contribution in [3.8, 4) is 0 Å². The van der Waals surface area contributed by atoms with Crippen LogP contribution >= 0.6 is 0 Å². The molecule has 0 radical (unpaired) electrons. The minimum atomic E-state index is -3.90. The third-order valence-corrected chi connectivity index (χ3v) is 4.97. The number of nitro benzene ring substituents is 1. The lowest BCUT2D eigenvalue weighted by Crippen LogP contribution is -2.48. The fraction of sp³-hybridized carbons (Fsp3) is 0.500. The van der Waals surface area contributed by atoms with Gasteiger partial charge in [-0.25, -0.2) is 8.42 Å². The first-order valence-corrected chi connectivity index (χ1v) is 7.75. The molecule has 1 fully saturated rings. The van der Waals surface area contributed by atoms with Crippen molar-refractivity contribution in [2.24, 2.45) is 0 Å². The molecule has 1 saturated heterocycles. The Kier molecular flexibility index (Phi) is 4.26. The fourth-order valence-electron chi connectivity index (χ4n) is 2.27. The number of sulfonamides is 1. The Morgan fingerprint density at radius 1 is 1.33 bits per heavy atom. The average Bonchev–Trinajstić information content (AvgIpc) is 2.36. The first-order chi connectivity index (χ1) is 9.71. The predicted octanol–water partition coefficient (Wildman–Crippen LogP) is 1.53. The van der Waals surface area contributed by atoms with E-state index in [1.807, 2.05) is 0 Å². The summed E-state index contributed by atoms with van der Waals surface area (Å²) in [6, 6.07) is 2.58. The van der Waals surface area contributed by atoms with Crippen LogP contribution in [0.25, 0.3) is 0 Å². The number of halogens is 1. The summed E-state index contributed by atoms with van der Waals surface area (Å²) in [5, 5.41) is 10.6. The molecule has 21 heavy (non-hydrogen) atoms. The summed E-state index contributed by atoms with van der Waals surface area (Å²) < 4.78 is 45.1. The zero-order valence-corrected chi connectivity index (χ0v) is 12.3. The fourth-order valence-corrected chi connectivity index (χ4v) is 3.88. The van der Waals surface area contributed by atoms with Crippen LogP contribution in [-0.4, -0.2) is 42.9 Å². The molecule has 2 unspecified atom stereocenters. The number of rotatable bonds is 3. The van der Waals surface area contributed by atoms with E-state index in [1.165, 1.54) is 4.31 Å². The molecule has 2 rings (SSSR count). The van der Waals surface area contributed by atoms with E-state index in [0.29, 0.717) is 6.07 Å². The van der Waals surface area contributed by atoms with Crippen LogP contribution < -0.4 is 0 Å². The van der Waals surface area contributed by atoms with Crippen LogP contribution in [0.15, 0.2) is 23.1 Å². The van der Waals surface area contributed by atoms with E-state index >= 15 is 0 Å². The zero-order valence-electron chi connectivity index (χ0n) is 11.5. The summed E-state index contributed by atoms with van der Waals surface area (Å²) in [4.78, 5) is 9.36. The number of morpholine rings is 1. The number of hydrogen-bond donors (Lipinski definition) is 0. The molecule has 0 bridgehead atoms. The van der Waals surface area contributed by atoms with Crippen LogP contribution in [0.1, 0.15) is 13.8 Å². The highest BCUT2D eigenvalue weighted by atomic mass is 32.2. The smallest absolute Gasteiger partial charge is 0.304 e. The van der Waals surface area contributed by atoms with Crippen LogP contribution in [0, 0.1) is 15.9 Å². The molecule has 0 aliphatic carbocycles. The lowest BCUT2D eigenvalue weighted by Gasteiger charge is -2.34. The summed E-state index contributed by atoms with van der Waals surface area (Å²) in [5.74, 6) is -1.17. The quantitative estimate of drug-likeness (QED) is 0.623. The summed E-state index contributed by atoms with van der Waals surface area (Å²) in [6.45, 7) is 3.81. The molecule has 1 heterocycles. The van der Waals surface area contributed by atoms with E-state index in [9.17, 15) is 22.9 Å². The van der Waals surface area contributed by atoms with E-state index in [4.69, 9.17) is 4.74 Å². The van der Waals surface area contributed by atoms with Crippen molar-refractivity contribution in [2.45, 2.75) is 31.0 Å². The van der Waals surface area contributed by atoms with Crippen molar-refractivity contribution in [3.05, 3.63) is 34.1 Å². The van der Waals surface area contributed by atoms with Crippen LogP contribution in [0.3, 0.4) is 0 Å². The molecule has 1 aliphatic rings. The number of nitro groups is 1. The van der Waals surface area contributed by atoms with Crippen molar-refractivity contribution in [3.63, 3.8) is 0 Å². The maximum Gasteiger partial charge on any atom is 0.304 e. The largest absolute Gasteiger partial charge is 0.373 e. The van der Waals surface area contributed by atoms with E-state index in [1.54, 1.807) is 13.8 Å². The second kappa shape index (κ2) is 5.66. The van der Waals surface area contributed by atoms with Crippen LogP contribution in [0.5, 0.6) is 0 Å². The van der Waals surface area contributed by atoms with E-state index in [-0.39, 0.29) is 30.2 Å². The second-order valence-electron chi connectivity index (χ2n) is 4.95. The van der Waals surface area contributed by atoms with Gasteiger partial charge in [-0.2, -0.15) is 8.70 Å². The molecule has 1 aromatic rings. The molecule has 7 nitrogen and oxygen atoms in total.